The fourth-order valence-corrected chi connectivity index (χ4v) is 7.74. The number of carbonyl (C=O) groups is 4. The number of ketones is 2. The summed E-state index contributed by atoms with van der Waals surface area (Å²) >= 11 is 0. The molecule has 210 valence electrons. The standard InChI is InChI=1S/C29H38F2O7/c1-6-7-24(35)38-28(23(34)15-37-25(36)16(2)3)11-9-18-19-13-21(30)20-12-17(32)8-10-26(20,4)29(19,31)22(33)14-27(18,28)5/h8,10,12,16,18-19,21-22,33H,6-7,9,11,13-15H2,1-5H3/t18?,19?,21-,22?,26?,27?,28-,29-/m0/s1. The number of aliphatic hydroxyl groups excluding tert-OH is 1. The van der Waals surface area contributed by atoms with Crippen LogP contribution >= 0.6 is 0 Å². The van der Waals surface area contributed by atoms with Crippen molar-refractivity contribution < 1.29 is 42.5 Å². The number of halogens is 2. The third kappa shape index (κ3) is 3.90. The fraction of sp³-hybridized carbons (Fsp3) is 0.724. The zero-order valence-electron chi connectivity index (χ0n) is 22.7. The lowest BCUT2D eigenvalue weighted by molar-refractivity contribution is -0.229. The van der Waals surface area contributed by atoms with E-state index in [1.54, 1.807) is 27.7 Å². The van der Waals surface area contributed by atoms with E-state index in [0.717, 1.165) is 6.08 Å². The van der Waals surface area contributed by atoms with Gasteiger partial charge in [0.1, 0.15) is 6.17 Å². The molecule has 4 aliphatic rings. The van der Waals surface area contributed by atoms with Crippen LogP contribution in [0.15, 0.2) is 23.8 Å². The van der Waals surface area contributed by atoms with E-state index in [4.69, 9.17) is 9.47 Å². The van der Waals surface area contributed by atoms with Gasteiger partial charge in [0.25, 0.3) is 0 Å². The second-order valence-corrected chi connectivity index (χ2v) is 12.1. The number of hydrogen-bond acceptors (Lipinski definition) is 7. The molecule has 7 nitrogen and oxygen atoms in total. The molecule has 3 saturated carbocycles. The van der Waals surface area contributed by atoms with Gasteiger partial charge in [-0.1, -0.05) is 33.8 Å². The first-order chi connectivity index (χ1) is 17.7. The highest BCUT2D eigenvalue weighted by Crippen LogP contribution is 2.70. The Hall–Kier alpha value is -2.42. The maximum absolute atomic E-state index is 17.3. The number of hydrogen-bond donors (Lipinski definition) is 1. The average molecular weight is 537 g/mol. The van der Waals surface area contributed by atoms with Gasteiger partial charge in [0.05, 0.1) is 12.0 Å². The predicted octanol–water partition coefficient (Wildman–Crippen LogP) is 4.16. The van der Waals surface area contributed by atoms with Crippen molar-refractivity contribution in [3.63, 3.8) is 0 Å². The summed E-state index contributed by atoms with van der Waals surface area (Å²) in [5.41, 5.74) is -6.83. The Kier molecular flexibility index (Phi) is 7.26. The van der Waals surface area contributed by atoms with E-state index in [1.165, 1.54) is 19.1 Å². The second kappa shape index (κ2) is 9.65. The lowest BCUT2D eigenvalue weighted by atomic mass is 9.44. The molecule has 38 heavy (non-hydrogen) atoms. The second-order valence-electron chi connectivity index (χ2n) is 12.1. The van der Waals surface area contributed by atoms with Crippen molar-refractivity contribution >= 4 is 23.5 Å². The van der Waals surface area contributed by atoms with Crippen LogP contribution in [0.1, 0.15) is 73.1 Å². The monoisotopic (exact) mass is 536 g/mol. The van der Waals surface area contributed by atoms with Crippen LogP contribution in [0.3, 0.4) is 0 Å². The Bertz CT molecular complexity index is 1100. The van der Waals surface area contributed by atoms with Crippen LogP contribution in [0.5, 0.6) is 0 Å². The first-order valence-corrected chi connectivity index (χ1v) is 13.6. The van der Waals surface area contributed by atoms with Gasteiger partial charge < -0.3 is 14.6 Å². The zero-order valence-corrected chi connectivity index (χ0v) is 22.7. The minimum atomic E-state index is -2.31. The van der Waals surface area contributed by atoms with E-state index >= 15 is 8.78 Å². The molecule has 0 aromatic heterocycles. The van der Waals surface area contributed by atoms with Crippen LogP contribution in [0.4, 0.5) is 8.78 Å². The maximum Gasteiger partial charge on any atom is 0.308 e. The zero-order chi connectivity index (χ0) is 28.3. The first-order valence-electron chi connectivity index (χ1n) is 13.6. The summed E-state index contributed by atoms with van der Waals surface area (Å²) in [5, 5.41) is 11.5. The predicted molar refractivity (Wildman–Crippen MR) is 133 cm³/mol. The number of fused-ring (bicyclic) bond motifs is 5. The number of allylic oxidation sites excluding steroid dienone is 4. The van der Waals surface area contributed by atoms with Crippen molar-refractivity contribution in [2.24, 2.45) is 28.6 Å². The van der Waals surface area contributed by atoms with Gasteiger partial charge in [-0.05, 0) is 62.7 Å². The molecule has 9 heteroatoms. The molecule has 4 aliphatic carbocycles. The van der Waals surface area contributed by atoms with Crippen molar-refractivity contribution in [3.8, 4) is 0 Å². The van der Waals surface area contributed by atoms with Crippen LogP contribution in [-0.4, -0.2) is 58.8 Å². The molecule has 5 unspecified atom stereocenters. The van der Waals surface area contributed by atoms with Crippen molar-refractivity contribution in [3.05, 3.63) is 23.8 Å². The maximum atomic E-state index is 17.3. The van der Waals surface area contributed by atoms with Crippen molar-refractivity contribution in [2.75, 3.05) is 6.61 Å². The van der Waals surface area contributed by atoms with E-state index in [-0.39, 0.29) is 37.7 Å². The Labute approximate surface area is 222 Å². The molecule has 3 fully saturated rings. The Morgan fingerprint density at radius 2 is 1.89 bits per heavy atom. The Morgan fingerprint density at radius 3 is 2.53 bits per heavy atom. The molecule has 8 atom stereocenters. The van der Waals surface area contributed by atoms with Gasteiger partial charge in [0.2, 0.25) is 5.78 Å². The molecule has 0 aromatic carbocycles. The number of esters is 2. The molecule has 1 N–H and O–H groups in total. The molecule has 0 aliphatic heterocycles. The number of carbonyl (C=O) groups excluding carboxylic acids is 4. The molecular weight excluding hydrogens is 498 g/mol. The van der Waals surface area contributed by atoms with Crippen LogP contribution in [0.25, 0.3) is 0 Å². The van der Waals surface area contributed by atoms with E-state index in [2.05, 4.69) is 0 Å². The third-order valence-corrected chi connectivity index (χ3v) is 9.76. The highest BCUT2D eigenvalue weighted by atomic mass is 19.1. The molecule has 0 heterocycles. The number of aliphatic hydroxyl groups is 1. The van der Waals surface area contributed by atoms with E-state index in [9.17, 15) is 24.3 Å². The summed E-state index contributed by atoms with van der Waals surface area (Å²) in [6, 6.07) is 0. The topological polar surface area (TPSA) is 107 Å². The van der Waals surface area contributed by atoms with Gasteiger partial charge in [-0.3, -0.25) is 19.2 Å². The Balaban J connectivity index is 1.77. The Morgan fingerprint density at radius 1 is 1.21 bits per heavy atom. The van der Waals surface area contributed by atoms with Gasteiger partial charge in [-0.15, -0.1) is 0 Å². The van der Waals surface area contributed by atoms with Gasteiger partial charge in [0.15, 0.2) is 23.7 Å². The van der Waals surface area contributed by atoms with E-state index in [0.29, 0.717) is 6.42 Å². The highest BCUT2D eigenvalue weighted by Gasteiger charge is 2.76. The lowest BCUT2D eigenvalue weighted by Gasteiger charge is -2.63. The van der Waals surface area contributed by atoms with Gasteiger partial charge >= 0.3 is 11.9 Å². The fourth-order valence-electron chi connectivity index (χ4n) is 7.74. The highest BCUT2D eigenvalue weighted by molar-refractivity contribution is 6.01. The summed E-state index contributed by atoms with van der Waals surface area (Å²) in [6.07, 6.45) is 0.776. The molecule has 0 amide bonds. The van der Waals surface area contributed by atoms with Crippen LogP contribution in [-0.2, 0) is 28.7 Å². The van der Waals surface area contributed by atoms with Crippen LogP contribution in [0.2, 0.25) is 0 Å². The van der Waals surface area contributed by atoms with Crippen molar-refractivity contribution in [1.82, 2.24) is 0 Å². The molecule has 0 radical (unpaired) electrons. The van der Waals surface area contributed by atoms with Crippen molar-refractivity contribution in [1.29, 1.82) is 0 Å². The number of ether oxygens (including phenoxy) is 2. The summed E-state index contributed by atoms with van der Waals surface area (Å²) in [5.74, 6) is -4.34. The normalized spacial score (nSPS) is 41.6. The van der Waals surface area contributed by atoms with E-state index in [1.807, 2.05) is 0 Å². The van der Waals surface area contributed by atoms with Crippen LogP contribution < -0.4 is 0 Å². The molecule has 0 bridgehead atoms. The van der Waals surface area contributed by atoms with Crippen LogP contribution in [0, 0.1) is 28.6 Å². The quantitative estimate of drug-likeness (QED) is 0.487. The first kappa shape index (κ1) is 28.6. The summed E-state index contributed by atoms with van der Waals surface area (Å²) < 4.78 is 44.1. The number of rotatable bonds is 7. The number of Topliss-reactive ketones (excluding diaryl/α,β-unsaturated/α-hetero) is 1. The SMILES string of the molecule is CCCC(=O)O[C@]1(C(=O)COC(=O)C(C)C)CCC2C3C[C@H](F)C4=CC(=O)C=CC4(C)[C@@]3(F)C(O)CC21C. The lowest BCUT2D eigenvalue weighted by Crippen LogP contribution is -2.70. The molecule has 0 saturated heterocycles. The minimum absolute atomic E-state index is 0.0155. The average Bonchev–Trinajstić information content (AvgIpc) is 3.12. The minimum Gasteiger partial charge on any atom is -0.457 e. The smallest absolute Gasteiger partial charge is 0.308 e. The summed E-state index contributed by atoms with van der Waals surface area (Å²) in [6.45, 7) is 7.62. The third-order valence-electron chi connectivity index (χ3n) is 9.76. The largest absolute Gasteiger partial charge is 0.457 e. The molecular formula is C29H38F2O7. The van der Waals surface area contributed by atoms with Crippen molar-refractivity contribution in [2.45, 2.75) is 96.7 Å². The summed E-state index contributed by atoms with van der Waals surface area (Å²) in [7, 11) is 0. The van der Waals surface area contributed by atoms with Gasteiger partial charge in [0, 0.05) is 23.2 Å². The van der Waals surface area contributed by atoms with Gasteiger partial charge in [-0.2, -0.15) is 0 Å². The number of alkyl halides is 2. The van der Waals surface area contributed by atoms with Gasteiger partial charge in [-0.25, -0.2) is 8.78 Å². The molecule has 0 aromatic rings. The molecule has 0 spiro atoms. The molecule has 4 rings (SSSR count). The summed E-state index contributed by atoms with van der Waals surface area (Å²) in [4.78, 5) is 50.7. The van der Waals surface area contributed by atoms with E-state index < -0.39 is 82.2 Å².